The molecule has 3 rings (SSSR count). The molecule has 1 fully saturated rings. The van der Waals surface area contributed by atoms with Crippen LogP contribution < -0.4 is 26.0 Å². The Hall–Kier alpha value is -2.63. The van der Waals surface area contributed by atoms with Crippen LogP contribution in [0.25, 0.3) is 0 Å². The van der Waals surface area contributed by atoms with E-state index in [9.17, 15) is 13.6 Å². The van der Waals surface area contributed by atoms with Gasteiger partial charge in [0.2, 0.25) is 0 Å². The smallest absolute Gasteiger partial charge is 0.255 e. The molecule has 0 aromatic heterocycles. The number of benzene rings is 2. The minimum atomic E-state index is -0.576. The first-order valence-electron chi connectivity index (χ1n) is 10.1. The molecular formula is C22H28F2IN5O2. The van der Waals surface area contributed by atoms with E-state index in [0.29, 0.717) is 37.0 Å². The molecule has 2 aromatic carbocycles. The van der Waals surface area contributed by atoms with Crippen LogP contribution in [0.4, 0.5) is 14.5 Å². The van der Waals surface area contributed by atoms with Gasteiger partial charge in [-0.15, -0.1) is 24.0 Å². The summed E-state index contributed by atoms with van der Waals surface area (Å²) in [7, 11) is 1.70. The second kappa shape index (κ2) is 12.4. The SMILES string of the molecule is CN=C(NCCc1ccc(OCC(N)=O)cc1)NC1CCN(c2ccc(F)cc2F)C1.I. The molecule has 1 amide bonds. The molecule has 0 spiro atoms. The number of primary amides is 1. The van der Waals surface area contributed by atoms with Gasteiger partial charge in [0.15, 0.2) is 12.6 Å². The van der Waals surface area contributed by atoms with Crippen molar-refractivity contribution in [2.75, 3.05) is 38.2 Å². The predicted molar refractivity (Wildman–Crippen MR) is 132 cm³/mol. The summed E-state index contributed by atoms with van der Waals surface area (Å²) in [6.07, 6.45) is 1.60. The Balaban J connectivity index is 0.00000363. The van der Waals surface area contributed by atoms with Crippen molar-refractivity contribution in [2.45, 2.75) is 18.9 Å². The maximum absolute atomic E-state index is 14.0. The number of anilines is 1. The highest BCUT2D eigenvalue weighted by molar-refractivity contribution is 14.0. The van der Waals surface area contributed by atoms with Gasteiger partial charge < -0.3 is 26.0 Å². The Morgan fingerprint density at radius 1 is 1.25 bits per heavy atom. The molecule has 1 heterocycles. The van der Waals surface area contributed by atoms with E-state index in [1.54, 1.807) is 19.2 Å². The molecule has 1 unspecified atom stereocenters. The largest absolute Gasteiger partial charge is 0.484 e. The summed E-state index contributed by atoms with van der Waals surface area (Å²) in [6, 6.07) is 11.2. The number of nitrogens with zero attached hydrogens (tertiary/aromatic N) is 2. The number of hydrogen-bond donors (Lipinski definition) is 3. The number of rotatable bonds is 8. The average molecular weight is 559 g/mol. The highest BCUT2D eigenvalue weighted by atomic mass is 127. The Morgan fingerprint density at radius 3 is 2.66 bits per heavy atom. The topological polar surface area (TPSA) is 92.0 Å². The first-order chi connectivity index (χ1) is 14.9. The average Bonchev–Trinajstić information content (AvgIpc) is 3.20. The number of guanidine groups is 1. The molecule has 174 valence electrons. The van der Waals surface area contributed by atoms with Crippen molar-refractivity contribution in [2.24, 2.45) is 10.7 Å². The summed E-state index contributed by atoms with van der Waals surface area (Å²) in [5, 5.41) is 6.63. The third-order valence-corrected chi connectivity index (χ3v) is 5.01. The second-order valence-corrected chi connectivity index (χ2v) is 7.32. The van der Waals surface area contributed by atoms with E-state index in [1.807, 2.05) is 17.0 Å². The standard InChI is InChI=1S/C22H27F2N5O2.HI/c1-26-22(27-10-8-15-2-5-18(6-3-15)31-14-21(25)30)28-17-9-11-29(13-17)20-7-4-16(23)12-19(20)24;/h2-7,12,17H,8-11,13-14H2,1H3,(H2,25,30)(H2,26,27,28);1H. The first-order valence-corrected chi connectivity index (χ1v) is 10.1. The van der Waals surface area contributed by atoms with Crippen molar-refractivity contribution < 1.29 is 18.3 Å². The van der Waals surface area contributed by atoms with Gasteiger partial charge in [0.25, 0.3) is 5.91 Å². The molecule has 4 N–H and O–H groups in total. The Morgan fingerprint density at radius 2 is 2.00 bits per heavy atom. The van der Waals surface area contributed by atoms with Crippen molar-refractivity contribution >= 4 is 41.5 Å². The summed E-state index contributed by atoms with van der Waals surface area (Å²) in [5.74, 6) is -0.369. The minimum absolute atomic E-state index is 0. The maximum Gasteiger partial charge on any atom is 0.255 e. The van der Waals surface area contributed by atoms with E-state index < -0.39 is 17.5 Å². The van der Waals surface area contributed by atoms with Gasteiger partial charge >= 0.3 is 0 Å². The van der Waals surface area contributed by atoms with Gasteiger partial charge in [0.1, 0.15) is 17.4 Å². The molecule has 1 saturated heterocycles. The highest BCUT2D eigenvalue weighted by Gasteiger charge is 2.25. The molecule has 32 heavy (non-hydrogen) atoms. The fourth-order valence-electron chi connectivity index (χ4n) is 3.45. The molecule has 1 aliphatic rings. The zero-order valence-corrected chi connectivity index (χ0v) is 20.1. The van der Waals surface area contributed by atoms with Crippen LogP contribution in [-0.4, -0.2) is 51.2 Å². The van der Waals surface area contributed by atoms with Gasteiger partial charge in [-0.3, -0.25) is 9.79 Å². The number of halogens is 3. The molecular weight excluding hydrogens is 531 g/mol. The zero-order valence-electron chi connectivity index (χ0n) is 17.8. The molecule has 0 saturated carbocycles. The lowest BCUT2D eigenvalue weighted by Gasteiger charge is -2.21. The molecule has 0 aliphatic carbocycles. The normalized spacial score (nSPS) is 15.8. The Labute approximate surface area is 203 Å². The molecule has 1 atom stereocenters. The van der Waals surface area contributed by atoms with Crippen LogP contribution in [0.3, 0.4) is 0 Å². The lowest BCUT2D eigenvalue weighted by molar-refractivity contribution is -0.119. The van der Waals surface area contributed by atoms with Crippen molar-refractivity contribution in [3.63, 3.8) is 0 Å². The van der Waals surface area contributed by atoms with E-state index in [0.717, 1.165) is 24.5 Å². The Kier molecular flexibility index (Phi) is 9.95. The van der Waals surface area contributed by atoms with Crippen LogP contribution in [0.15, 0.2) is 47.5 Å². The van der Waals surface area contributed by atoms with Crippen molar-refractivity contribution in [1.82, 2.24) is 10.6 Å². The van der Waals surface area contributed by atoms with Gasteiger partial charge in [-0.2, -0.15) is 0 Å². The summed E-state index contributed by atoms with van der Waals surface area (Å²) in [6.45, 7) is 1.82. The van der Waals surface area contributed by atoms with Gasteiger partial charge in [0.05, 0.1) is 5.69 Å². The third kappa shape index (κ3) is 7.50. The molecule has 2 aromatic rings. The highest BCUT2D eigenvalue weighted by Crippen LogP contribution is 2.24. The van der Waals surface area contributed by atoms with Crippen LogP contribution in [-0.2, 0) is 11.2 Å². The van der Waals surface area contributed by atoms with E-state index >= 15 is 0 Å². The quantitative estimate of drug-likeness (QED) is 0.263. The van der Waals surface area contributed by atoms with Gasteiger partial charge in [0, 0.05) is 38.8 Å². The monoisotopic (exact) mass is 559 g/mol. The fraction of sp³-hybridized carbons (Fsp3) is 0.364. The van der Waals surface area contributed by atoms with Crippen molar-refractivity contribution in [3.8, 4) is 5.75 Å². The second-order valence-electron chi connectivity index (χ2n) is 7.32. The van der Waals surface area contributed by atoms with E-state index in [1.165, 1.54) is 12.1 Å². The predicted octanol–water partition coefficient (Wildman–Crippen LogP) is 2.43. The number of nitrogens with two attached hydrogens (primary N) is 1. The van der Waals surface area contributed by atoms with Crippen LogP contribution >= 0.6 is 24.0 Å². The number of hydrogen-bond acceptors (Lipinski definition) is 4. The molecule has 10 heteroatoms. The lowest BCUT2D eigenvalue weighted by Crippen LogP contribution is -2.45. The Bertz CT molecular complexity index is 927. The number of aliphatic imine (C=N–C) groups is 1. The van der Waals surface area contributed by atoms with Gasteiger partial charge in [-0.25, -0.2) is 8.78 Å². The summed E-state index contributed by atoms with van der Waals surface area (Å²) in [4.78, 5) is 16.9. The number of nitrogens with one attached hydrogen (secondary N) is 2. The molecule has 7 nitrogen and oxygen atoms in total. The van der Waals surface area contributed by atoms with Crippen LogP contribution in [0.2, 0.25) is 0 Å². The number of carbonyl (C=O) groups is 1. The maximum atomic E-state index is 14.0. The van der Waals surface area contributed by atoms with Crippen molar-refractivity contribution in [3.05, 3.63) is 59.7 Å². The van der Waals surface area contributed by atoms with Crippen LogP contribution in [0.1, 0.15) is 12.0 Å². The van der Waals surface area contributed by atoms with Crippen molar-refractivity contribution in [1.29, 1.82) is 0 Å². The summed E-state index contributed by atoms with van der Waals surface area (Å²) >= 11 is 0. The number of ether oxygens (including phenoxy) is 1. The van der Waals surface area contributed by atoms with Crippen LogP contribution in [0, 0.1) is 11.6 Å². The molecule has 0 bridgehead atoms. The van der Waals surface area contributed by atoms with E-state index in [4.69, 9.17) is 10.5 Å². The van der Waals surface area contributed by atoms with E-state index in [-0.39, 0.29) is 36.6 Å². The van der Waals surface area contributed by atoms with Gasteiger partial charge in [-0.1, -0.05) is 12.1 Å². The lowest BCUT2D eigenvalue weighted by atomic mass is 10.1. The fourth-order valence-corrected chi connectivity index (χ4v) is 3.45. The number of amides is 1. The first kappa shape index (κ1) is 25.6. The zero-order chi connectivity index (χ0) is 22.2. The summed E-state index contributed by atoms with van der Waals surface area (Å²) < 4.78 is 32.4. The molecule has 0 radical (unpaired) electrons. The number of carbonyl (C=O) groups excluding carboxylic acids is 1. The van der Waals surface area contributed by atoms with Crippen LogP contribution in [0.5, 0.6) is 5.75 Å². The molecule has 1 aliphatic heterocycles. The third-order valence-electron chi connectivity index (χ3n) is 5.01. The minimum Gasteiger partial charge on any atom is -0.484 e. The summed E-state index contributed by atoms with van der Waals surface area (Å²) in [5.41, 5.74) is 6.58. The van der Waals surface area contributed by atoms with E-state index in [2.05, 4.69) is 15.6 Å². The van der Waals surface area contributed by atoms with Gasteiger partial charge in [-0.05, 0) is 42.7 Å².